The van der Waals surface area contributed by atoms with Gasteiger partial charge in [-0.2, -0.15) is 12.9 Å². The van der Waals surface area contributed by atoms with Crippen LogP contribution in [0, 0.1) is 20.8 Å². The Bertz CT molecular complexity index is 1980. The summed E-state index contributed by atoms with van der Waals surface area (Å²) < 4.78 is 89.7. The second-order valence-electron chi connectivity index (χ2n) is 11.6. The Labute approximate surface area is 294 Å². The highest BCUT2D eigenvalue weighted by molar-refractivity contribution is 9.13. The van der Waals surface area contributed by atoms with Gasteiger partial charge in [-0.1, -0.05) is 53.1 Å². The molecule has 14 heteroatoms. The van der Waals surface area contributed by atoms with Gasteiger partial charge in [-0.3, -0.25) is 0 Å². The first-order chi connectivity index (χ1) is 22.1. The van der Waals surface area contributed by atoms with Crippen LogP contribution in [0.25, 0.3) is 0 Å². The van der Waals surface area contributed by atoms with Gasteiger partial charge in [-0.15, -0.1) is 0 Å². The van der Waals surface area contributed by atoms with E-state index in [0.29, 0.717) is 20.1 Å². The average molecular weight is 826 g/mol. The summed E-state index contributed by atoms with van der Waals surface area (Å²) in [4.78, 5) is 0.189. The second-order valence-corrected chi connectivity index (χ2v) is 19.1. The molecule has 0 radical (unpaired) electrons. The normalized spacial score (nSPS) is 16.4. The van der Waals surface area contributed by atoms with E-state index in [-0.39, 0.29) is 54.0 Å². The fourth-order valence-corrected chi connectivity index (χ4v) is 10.3. The highest BCUT2D eigenvalue weighted by atomic mass is 79.9. The van der Waals surface area contributed by atoms with Crippen molar-refractivity contribution in [2.45, 2.75) is 48.5 Å². The Morgan fingerprint density at radius 1 is 0.447 bits per heavy atom. The number of fused-ring (bicyclic) bond motifs is 1. The van der Waals surface area contributed by atoms with E-state index in [9.17, 15) is 25.3 Å². The summed E-state index contributed by atoms with van der Waals surface area (Å²) in [6.07, 6.45) is 0. The molecule has 0 bridgehead atoms. The summed E-state index contributed by atoms with van der Waals surface area (Å²) in [5, 5.41) is 0. The second kappa shape index (κ2) is 14.2. The molecule has 0 aliphatic carbocycles. The lowest BCUT2D eigenvalue weighted by Crippen LogP contribution is -2.44. The van der Waals surface area contributed by atoms with E-state index >= 15 is 0 Å². The molecule has 0 unspecified atom stereocenters. The molecular weight excluding hydrogens is 790 g/mol. The van der Waals surface area contributed by atoms with Gasteiger partial charge in [0.25, 0.3) is 0 Å². The first-order valence-corrected chi connectivity index (χ1v) is 20.7. The lowest BCUT2D eigenvalue weighted by Gasteiger charge is -2.28. The van der Waals surface area contributed by atoms with Crippen LogP contribution in [-0.2, 0) is 43.2 Å². The summed E-state index contributed by atoms with van der Waals surface area (Å²) >= 11 is 7.05. The Morgan fingerprint density at radius 3 is 1.00 bits per heavy atom. The maximum atomic E-state index is 14.1. The highest BCUT2D eigenvalue weighted by Gasteiger charge is 2.34. The van der Waals surface area contributed by atoms with Crippen molar-refractivity contribution in [2.24, 2.45) is 0 Å². The molecular formula is C33H35Br2N3O6S3. The molecule has 250 valence electrons. The van der Waals surface area contributed by atoms with Crippen LogP contribution in [0.4, 0.5) is 0 Å². The number of halogens is 2. The van der Waals surface area contributed by atoms with Gasteiger partial charge in [-0.25, -0.2) is 25.3 Å². The zero-order valence-electron chi connectivity index (χ0n) is 26.1. The number of benzene rings is 4. The molecule has 4 aromatic carbocycles. The van der Waals surface area contributed by atoms with Crippen molar-refractivity contribution in [2.75, 3.05) is 26.2 Å². The van der Waals surface area contributed by atoms with Crippen molar-refractivity contribution in [1.29, 1.82) is 0 Å². The van der Waals surface area contributed by atoms with Crippen molar-refractivity contribution in [3.05, 3.63) is 122 Å². The Kier molecular flexibility index (Phi) is 10.8. The lowest BCUT2D eigenvalue weighted by atomic mass is 10.1. The maximum Gasteiger partial charge on any atom is 0.243 e. The van der Waals surface area contributed by atoms with Crippen molar-refractivity contribution in [1.82, 2.24) is 12.9 Å². The summed E-state index contributed by atoms with van der Waals surface area (Å²) in [6.45, 7) is 4.60. The maximum absolute atomic E-state index is 14.1. The van der Waals surface area contributed by atoms with E-state index in [0.717, 1.165) is 16.7 Å². The fourth-order valence-electron chi connectivity index (χ4n) is 5.25. The first kappa shape index (κ1) is 35.9. The van der Waals surface area contributed by atoms with E-state index in [1.54, 1.807) is 48.5 Å². The van der Waals surface area contributed by atoms with Crippen LogP contribution in [0.5, 0.6) is 0 Å². The third kappa shape index (κ3) is 7.91. The van der Waals surface area contributed by atoms with Gasteiger partial charge < -0.3 is 0 Å². The number of sulfonamides is 3. The predicted molar refractivity (Wildman–Crippen MR) is 189 cm³/mol. The first-order valence-electron chi connectivity index (χ1n) is 14.8. The van der Waals surface area contributed by atoms with Gasteiger partial charge >= 0.3 is 0 Å². The van der Waals surface area contributed by atoms with Crippen LogP contribution in [0.1, 0.15) is 27.8 Å². The molecule has 1 aliphatic rings. The highest BCUT2D eigenvalue weighted by Crippen LogP contribution is 2.32. The summed E-state index contributed by atoms with van der Waals surface area (Å²) in [6, 6.07) is 22.9. The molecule has 4 aromatic rings. The molecule has 1 heterocycles. The van der Waals surface area contributed by atoms with Crippen LogP contribution in [-0.4, -0.2) is 64.3 Å². The number of aryl methyl sites for hydroxylation is 3. The predicted octanol–water partition coefficient (Wildman–Crippen LogP) is 6.22. The molecule has 0 atom stereocenters. The van der Waals surface area contributed by atoms with Crippen LogP contribution < -0.4 is 0 Å². The Hall–Kier alpha value is -2.43. The standard InChI is InChI=1S/C33H35Br2N3O6S3/c1-24-4-10-29(11-5-24)45(39,40)36-16-18-37(46(41,42)30-12-6-25(2)7-13-30)22-27-20-32(34)33(35)21-28(27)23-38(19-17-36)47(43,44)31-14-8-26(3)9-15-31/h4-15,20-21H,16-19,22-23H2,1-3H3. The fraction of sp³-hybridized carbons (Fsp3) is 0.273. The number of nitrogens with zero attached hydrogens (tertiary/aromatic N) is 3. The van der Waals surface area contributed by atoms with Gasteiger partial charge in [0.05, 0.1) is 14.7 Å². The van der Waals surface area contributed by atoms with E-state index < -0.39 is 30.1 Å². The third-order valence-corrected chi connectivity index (χ3v) is 15.6. The lowest BCUT2D eigenvalue weighted by molar-refractivity contribution is 0.319. The molecule has 0 amide bonds. The zero-order valence-corrected chi connectivity index (χ0v) is 31.7. The molecule has 0 saturated carbocycles. The number of rotatable bonds is 6. The van der Waals surface area contributed by atoms with Gasteiger partial charge in [-0.05, 0) is 112 Å². The monoisotopic (exact) mass is 823 g/mol. The quantitative estimate of drug-likeness (QED) is 0.228. The van der Waals surface area contributed by atoms with Crippen LogP contribution >= 0.6 is 31.9 Å². The Balaban J connectivity index is 1.66. The molecule has 0 spiro atoms. The molecule has 0 saturated heterocycles. The largest absolute Gasteiger partial charge is 0.243 e. The van der Waals surface area contributed by atoms with E-state index in [2.05, 4.69) is 31.9 Å². The summed E-state index contributed by atoms with van der Waals surface area (Å²) in [7, 11) is -12.3. The molecule has 0 fully saturated rings. The number of hydrogen-bond donors (Lipinski definition) is 0. The minimum absolute atomic E-state index is 0.0370. The molecule has 47 heavy (non-hydrogen) atoms. The van der Waals surface area contributed by atoms with E-state index in [1.807, 2.05) is 20.8 Å². The molecule has 0 N–H and O–H groups in total. The molecule has 0 aromatic heterocycles. The van der Waals surface area contributed by atoms with Crippen molar-refractivity contribution in [3.63, 3.8) is 0 Å². The van der Waals surface area contributed by atoms with Crippen molar-refractivity contribution in [3.8, 4) is 0 Å². The Morgan fingerprint density at radius 2 is 0.702 bits per heavy atom. The molecule has 1 aliphatic heterocycles. The van der Waals surface area contributed by atoms with Crippen molar-refractivity contribution >= 4 is 61.9 Å². The van der Waals surface area contributed by atoms with Gasteiger partial charge in [0.1, 0.15) is 0 Å². The van der Waals surface area contributed by atoms with Gasteiger partial charge in [0, 0.05) is 48.2 Å². The SMILES string of the molecule is Cc1ccc(S(=O)(=O)N2CCN(S(=O)(=O)c3ccc(C)cc3)Cc3cc(Br)c(Br)cc3CN(S(=O)(=O)c3ccc(C)cc3)CC2)cc1. The summed E-state index contributed by atoms with van der Waals surface area (Å²) in [5.74, 6) is 0. The minimum atomic E-state index is -4.14. The van der Waals surface area contributed by atoms with Crippen LogP contribution in [0.15, 0.2) is 109 Å². The van der Waals surface area contributed by atoms with E-state index in [1.165, 1.54) is 49.3 Å². The zero-order chi connectivity index (χ0) is 34.1. The topological polar surface area (TPSA) is 112 Å². The average Bonchev–Trinajstić information content (AvgIpc) is 3.05. The summed E-state index contributed by atoms with van der Waals surface area (Å²) in [5.41, 5.74) is 3.82. The molecule has 9 nitrogen and oxygen atoms in total. The third-order valence-electron chi connectivity index (χ3n) is 8.11. The molecule has 5 rings (SSSR count). The van der Waals surface area contributed by atoms with Gasteiger partial charge in [0.15, 0.2) is 0 Å². The van der Waals surface area contributed by atoms with E-state index in [4.69, 9.17) is 0 Å². The number of hydrogen-bond acceptors (Lipinski definition) is 6. The van der Waals surface area contributed by atoms with Crippen LogP contribution in [0.2, 0.25) is 0 Å². The van der Waals surface area contributed by atoms with Crippen LogP contribution in [0.3, 0.4) is 0 Å². The minimum Gasteiger partial charge on any atom is -0.207 e. The van der Waals surface area contributed by atoms with Crippen molar-refractivity contribution < 1.29 is 25.3 Å². The smallest absolute Gasteiger partial charge is 0.207 e. The van der Waals surface area contributed by atoms with Gasteiger partial charge in [0.2, 0.25) is 30.1 Å².